The van der Waals surface area contributed by atoms with Gasteiger partial charge in [0.15, 0.2) is 5.75 Å². The largest absolute Gasteiger partial charge is 0.493 e. The summed E-state index contributed by atoms with van der Waals surface area (Å²) in [5.41, 5.74) is 0.544. The molecule has 0 N–H and O–H groups in total. The van der Waals surface area contributed by atoms with Crippen molar-refractivity contribution in [2.75, 3.05) is 26.8 Å². The summed E-state index contributed by atoms with van der Waals surface area (Å²) in [5, 5.41) is 4.26. The Labute approximate surface area is 125 Å². The molecule has 2 atom stereocenters. The number of methoxy groups -OCH3 is 1. The number of hydrogen-bond donors (Lipinski definition) is 0. The van der Waals surface area contributed by atoms with Crippen molar-refractivity contribution in [2.24, 2.45) is 0 Å². The summed E-state index contributed by atoms with van der Waals surface area (Å²) in [6, 6.07) is 0.497. The third kappa shape index (κ3) is 2.70. The van der Waals surface area contributed by atoms with Crippen LogP contribution in [0.25, 0.3) is 0 Å². The van der Waals surface area contributed by atoms with Crippen LogP contribution in [0, 0.1) is 0 Å². The first-order chi connectivity index (χ1) is 10.2. The van der Waals surface area contributed by atoms with E-state index in [1.807, 2.05) is 0 Å². The van der Waals surface area contributed by atoms with Gasteiger partial charge in [0.25, 0.3) is 0 Å². The standard InChI is InChI=1S/C15H23N3O3/c1-3-6-18-14(12(20-2)8-16-18)15(19)13-9-17-7-4-5-11(17)10-21-13/h8,11,13H,3-7,9-10H2,1-2H3. The summed E-state index contributed by atoms with van der Waals surface area (Å²) in [7, 11) is 1.57. The lowest BCUT2D eigenvalue weighted by molar-refractivity contribution is -0.0349. The summed E-state index contributed by atoms with van der Waals surface area (Å²) in [5.74, 6) is 0.531. The van der Waals surface area contributed by atoms with Crippen LogP contribution < -0.4 is 4.74 Å². The molecule has 21 heavy (non-hydrogen) atoms. The number of fused-ring (bicyclic) bond motifs is 1. The van der Waals surface area contributed by atoms with E-state index >= 15 is 0 Å². The van der Waals surface area contributed by atoms with Crippen LogP contribution in [0.1, 0.15) is 36.7 Å². The fourth-order valence-corrected chi connectivity index (χ4v) is 3.28. The molecule has 1 aromatic heterocycles. The van der Waals surface area contributed by atoms with Crippen molar-refractivity contribution >= 4 is 5.78 Å². The van der Waals surface area contributed by atoms with Crippen molar-refractivity contribution in [1.29, 1.82) is 0 Å². The molecule has 2 aliphatic rings. The van der Waals surface area contributed by atoms with Gasteiger partial charge >= 0.3 is 0 Å². The lowest BCUT2D eigenvalue weighted by Crippen LogP contribution is -2.49. The molecule has 0 aromatic carbocycles. The summed E-state index contributed by atoms with van der Waals surface area (Å²) in [6.07, 6.45) is 4.51. The fourth-order valence-electron chi connectivity index (χ4n) is 3.28. The lowest BCUT2D eigenvalue weighted by atomic mass is 10.1. The second-order valence-electron chi connectivity index (χ2n) is 5.76. The van der Waals surface area contributed by atoms with E-state index in [-0.39, 0.29) is 5.78 Å². The molecule has 2 unspecified atom stereocenters. The summed E-state index contributed by atoms with van der Waals surface area (Å²) in [6.45, 7) is 5.19. The highest BCUT2D eigenvalue weighted by molar-refractivity contribution is 6.00. The van der Waals surface area contributed by atoms with E-state index in [0.717, 1.165) is 13.0 Å². The van der Waals surface area contributed by atoms with Crippen LogP contribution in [0.2, 0.25) is 0 Å². The van der Waals surface area contributed by atoms with Crippen LogP contribution in [0.15, 0.2) is 6.20 Å². The number of aromatic nitrogens is 2. The minimum atomic E-state index is -0.402. The maximum Gasteiger partial charge on any atom is 0.214 e. The minimum Gasteiger partial charge on any atom is -0.493 e. The van der Waals surface area contributed by atoms with Crippen LogP contribution in [0.3, 0.4) is 0 Å². The van der Waals surface area contributed by atoms with Gasteiger partial charge in [-0.3, -0.25) is 14.4 Å². The van der Waals surface area contributed by atoms with E-state index in [2.05, 4.69) is 16.9 Å². The molecule has 116 valence electrons. The lowest BCUT2D eigenvalue weighted by Gasteiger charge is -2.34. The smallest absolute Gasteiger partial charge is 0.214 e. The van der Waals surface area contributed by atoms with Crippen LogP contribution in [0.4, 0.5) is 0 Å². The Morgan fingerprint density at radius 3 is 3.19 bits per heavy atom. The number of nitrogens with zero attached hydrogens (tertiary/aromatic N) is 3. The van der Waals surface area contributed by atoms with Gasteiger partial charge in [0.1, 0.15) is 11.8 Å². The molecule has 0 aliphatic carbocycles. The van der Waals surface area contributed by atoms with Crippen molar-refractivity contribution in [1.82, 2.24) is 14.7 Å². The Morgan fingerprint density at radius 2 is 2.43 bits per heavy atom. The number of Topliss-reactive ketones (excluding diaryl/α,β-unsaturated/α-hetero) is 1. The monoisotopic (exact) mass is 293 g/mol. The number of carbonyl (C=O) groups excluding carboxylic acids is 1. The predicted octanol–water partition coefficient (Wildman–Crippen LogP) is 1.35. The molecule has 0 spiro atoms. The first-order valence-corrected chi connectivity index (χ1v) is 7.74. The molecule has 1 aromatic rings. The average molecular weight is 293 g/mol. The molecular formula is C15H23N3O3. The van der Waals surface area contributed by atoms with Crippen molar-refractivity contribution in [3.8, 4) is 5.75 Å². The first kappa shape index (κ1) is 14.5. The van der Waals surface area contributed by atoms with Crippen molar-refractivity contribution in [3.05, 3.63) is 11.9 Å². The Morgan fingerprint density at radius 1 is 1.57 bits per heavy atom. The number of rotatable bonds is 5. The molecule has 6 nitrogen and oxygen atoms in total. The van der Waals surface area contributed by atoms with E-state index in [1.54, 1.807) is 18.0 Å². The Bertz CT molecular complexity index is 514. The predicted molar refractivity (Wildman–Crippen MR) is 77.7 cm³/mol. The Kier molecular flexibility index (Phi) is 4.26. The third-order valence-electron chi connectivity index (χ3n) is 4.38. The van der Waals surface area contributed by atoms with Gasteiger partial charge in [0.2, 0.25) is 5.78 Å². The minimum absolute atomic E-state index is 0.0110. The maximum absolute atomic E-state index is 12.8. The molecule has 3 rings (SSSR count). The molecule has 0 radical (unpaired) electrons. The molecule has 0 amide bonds. The van der Waals surface area contributed by atoms with Gasteiger partial charge < -0.3 is 9.47 Å². The van der Waals surface area contributed by atoms with Crippen molar-refractivity contribution in [3.63, 3.8) is 0 Å². The van der Waals surface area contributed by atoms with Gasteiger partial charge in [-0.15, -0.1) is 0 Å². The molecule has 6 heteroatoms. The fraction of sp³-hybridized carbons (Fsp3) is 0.733. The van der Waals surface area contributed by atoms with Crippen LogP contribution in [-0.4, -0.2) is 59.4 Å². The van der Waals surface area contributed by atoms with Crippen molar-refractivity contribution in [2.45, 2.75) is 44.9 Å². The SMILES string of the molecule is CCCn1ncc(OC)c1C(=O)C1CN2CCCC2CO1. The molecule has 2 saturated heterocycles. The van der Waals surface area contributed by atoms with Crippen LogP contribution in [0.5, 0.6) is 5.75 Å². The molecule has 2 fully saturated rings. The number of morpholine rings is 1. The highest BCUT2D eigenvalue weighted by atomic mass is 16.5. The van der Waals surface area contributed by atoms with Crippen molar-refractivity contribution < 1.29 is 14.3 Å². The Balaban J connectivity index is 1.79. The van der Waals surface area contributed by atoms with E-state index < -0.39 is 6.10 Å². The molecule has 2 aliphatic heterocycles. The second kappa shape index (κ2) is 6.15. The summed E-state index contributed by atoms with van der Waals surface area (Å²) < 4.78 is 12.9. The zero-order valence-electron chi connectivity index (χ0n) is 12.7. The molecule has 0 saturated carbocycles. The zero-order chi connectivity index (χ0) is 14.8. The third-order valence-corrected chi connectivity index (χ3v) is 4.38. The number of carbonyl (C=O) groups is 1. The highest BCUT2D eigenvalue weighted by Gasteiger charge is 2.37. The van der Waals surface area contributed by atoms with Gasteiger partial charge in [-0.1, -0.05) is 6.92 Å². The normalized spacial score (nSPS) is 25.8. The number of hydrogen-bond acceptors (Lipinski definition) is 5. The zero-order valence-corrected chi connectivity index (χ0v) is 12.7. The van der Waals surface area contributed by atoms with E-state index in [4.69, 9.17) is 9.47 Å². The quantitative estimate of drug-likeness (QED) is 0.767. The Hall–Kier alpha value is -1.40. The first-order valence-electron chi connectivity index (χ1n) is 7.74. The number of ether oxygens (including phenoxy) is 2. The van der Waals surface area contributed by atoms with Gasteiger partial charge in [0.05, 0.1) is 19.9 Å². The van der Waals surface area contributed by atoms with E-state index in [0.29, 0.717) is 37.2 Å². The molecule has 3 heterocycles. The van der Waals surface area contributed by atoms with E-state index in [1.165, 1.54) is 12.8 Å². The van der Waals surface area contributed by atoms with E-state index in [9.17, 15) is 4.79 Å². The van der Waals surface area contributed by atoms with Gasteiger partial charge in [-0.25, -0.2) is 0 Å². The summed E-state index contributed by atoms with van der Waals surface area (Å²) >= 11 is 0. The topological polar surface area (TPSA) is 56.6 Å². The number of ketones is 1. The molecular weight excluding hydrogens is 270 g/mol. The van der Waals surface area contributed by atoms with Gasteiger partial charge in [0, 0.05) is 19.1 Å². The maximum atomic E-state index is 12.8. The summed E-state index contributed by atoms with van der Waals surface area (Å²) in [4.78, 5) is 15.2. The second-order valence-corrected chi connectivity index (χ2v) is 5.76. The molecule has 0 bridgehead atoms. The van der Waals surface area contributed by atoms with Crippen LogP contribution in [-0.2, 0) is 11.3 Å². The highest BCUT2D eigenvalue weighted by Crippen LogP contribution is 2.26. The number of aryl methyl sites for hydroxylation is 1. The van der Waals surface area contributed by atoms with Gasteiger partial charge in [-0.05, 0) is 25.8 Å². The van der Waals surface area contributed by atoms with Crippen LogP contribution >= 0.6 is 0 Å². The average Bonchev–Trinajstić information content (AvgIpc) is 3.12. The van der Waals surface area contributed by atoms with Gasteiger partial charge in [-0.2, -0.15) is 5.10 Å².